The van der Waals surface area contributed by atoms with E-state index in [-0.39, 0.29) is 12.1 Å². The molecule has 0 amide bonds. The van der Waals surface area contributed by atoms with Gasteiger partial charge in [-0.3, -0.25) is 9.58 Å². The molecule has 1 aromatic heterocycles. The molecule has 2 atom stereocenters. The fourth-order valence-electron chi connectivity index (χ4n) is 2.52. The average molecular weight is 247 g/mol. The highest BCUT2D eigenvalue weighted by molar-refractivity contribution is 5.14. The van der Waals surface area contributed by atoms with Gasteiger partial charge in [-0.25, -0.2) is 0 Å². The van der Waals surface area contributed by atoms with E-state index < -0.39 is 0 Å². The lowest BCUT2D eigenvalue weighted by Gasteiger charge is -2.33. The monoisotopic (exact) mass is 247 g/mol. The zero-order valence-electron chi connectivity index (χ0n) is 11.1. The summed E-state index contributed by atoms with van der Waals surface area (Å²) in [4.78, 5) is 2.38. The topological polar surface area (TPSA) is 70.9 Å². The van der Waals surface area contributed by atoms with Crippen molar-refractivity contribution in [3.05, 3.63) is 18.0 Å². The molecular formula is C13H21N5. The summed E-state index contributed by atoms with van der Waals surface area (Å²) < 4.78 is 1.81. The number of nitrogens with two attached hydrogens (primary N) is 1. The number of nitrogens with zero attached hydrogens (tertiary/aromatic N) is 4. The van der Waals surface area contributed by atoms with Gasteiger partial charge >= 0.3 is 0 Å². The third kappa shape index (κ3) is 2.89. The molecule has 1 fully saturated rings. The fourth-order valence-corrected chi connectivity index (χ4v) is 2.52. The molecule has 18 heavy (non-hydrogen) atoms. The third-order valence-corrected chi connectivity index (χ3v) is 3.42. The van der Waals surface area contributed by atoms with Gasteiger partial charge in [-0.1, -0.05) is 0 Å². The molecule has 2 rings (SSSR count). The van der Waals surface area contributed by atoms with Crippen LogP contribution in [0, 0.1) is 11.3 Å². The van der Waals surface area contributed by atoms with Crippen LogP contribution in [0.4, 0.5) is 0 Å². The standard InChI is InChI=1S/C13H21N5/c1-10(15)13(11-8-16-17(2)9-11)18(7-3-6-14)12-4-5-12/h8-10,12-13H,3-5,7,15H2,1-2H3. The smallest absolute Gasteiger partial charge is 0.0635 e. The van der Waals surface area contributed by atoms with E-state index in [0.717, 1.165) is 12.1 Å². The van der Waals surface area contributed by atoms with Crippen LogP contribution in [0.5, 0.6) is 0 Å². The first-order valence-corrected chi connectivity index (χ1v) is 6.50. The Labute approximate surface area is 108 Å². The van der Waals surface area contributed by atoms with E-state index in [0.29, 0.717) is 12.5 Å². The van der Waals surface area contributed by atoms with Crippen LogP contribution in [0.1, 0.15) is 37.8 Å². The molecule has 2 unspecified atom stereocenters. The van der Waals surface area contributed by atoms with Gasteiger partial charge in [-0.05, 0) is 19.8 Å². The predicted octanol–water partition coefficient (Wildman–Crippen LogP) is 1.19. The van der Waals surface area contributed by atoms with Gasteiger partial charge in [0.2, 0.25) is 0 Å². The second kappa shape index (κ2) is 5.51. The van der Waals surface area contributed by atoms with Crippen LogP contribution in [0.2, 0.25) is 0 Å². The van der Waals surface area contributed by atoms with Crippen molar-refractivity contribution < 1.29 is 0 Å². The normalized spacial score (nSPS) is 18.6. The fraction of sp³-hybridized carbons (Fsp3) is 0.692. The van der Waals surface area contributed by atoms with Crippen LogP contribution >= 0.6 is 0 Å². The quantitative estimate of drug-likeness (QED) is 0.819. The first-order valence-electron chi connectivity index (χ1n) is 6.50. The average Bonchev–Trinajstić information content (AvgIpc) is 3.07. The highest BCUT2D eigenvalue weighted by Crippen LogP contribution is 2.35. The molecule has 0 saturated heterocycles. The maximum atomic E-state index is 8.79. The molecule has 5 heteroatoms. The van der Waals surface area contributed by atoms with Gasteiger partial charge in [0.25, 0.3) is 0 Å². The van der Waals surface area contributed by atoms with Gasteiger partial charge < -0.3 is 5.73 Å². The zero-order valence-corrected chi connectivity index (χ0v) is 11.1. The Morgan fingerprint density at radius 3 is 2.83 bits per heavy atom. The molecule has 0 bridgehead atoms. The van der Waals surface area contributed by atoms with Crippen LogP contribution in [0.25, 0.3) is 0 Å². The highest BCUT2D eigenvalue weighted by atomic mass is 15.3. The van der Waals surface area contributed by atoms with E-state index in [1.165, 1.54) is 12.8 Å². The van der Waals surface area contributed by atoms with E-state index in [1.54, 1.807) is 4.68 Å². The summed E-state index contributed by atoms with van der Waals surface area (Å²) >= 11 is 0. The van der Waals surface area contributed by atoms with Crippen molar-refractivity contribution in [1.29, 1.82) is 5.26 Å². The van der Waals surface area contributed by atoms with E-state index in [2.05, 4.69) is 16.1 Å². The van der Waals surface area contributed by atoms with Crippen molar-refractivity contribution in [2.45, 2.75) is 44.3 Å². The summed E-state index contributed by atoms with van der Waals surface area (Å²) in [6.45, 7) is 2.82. The second-order valence-electron chi connectivity index (χ2n) is 5.13. The molecule has 2 N–H and O–H groups in total. The Morgan fingerprint density at radius 2 is 2.39 bits per heavy atom. The lowest BCUT2D eigenvalue weighted by molar-refractivity contribution is 0.170. The Kier molecular flexibility index (Phi) is 4.00. The maximum Gasteiger partial charge on any atom is 0.0635 e. The summed E-state index contributed by atoms with van der Waals surface area (Å²) in [5.74, 6) is 0. The van der Waals surface area contributed by atoms with Gasteiger partial charge in [-0.2, -0.15) is 10.4 Å². The van der Waals surface area contributed by atoms with Gasteiger partial charge in [-0.15, -0.1) is 0 Å². The molecule has 0 spiro atoms. The molecule has 1 aliphatic carbocycles. The van der Waals surface area contributed by atoms with Gasteiger partial charge in [0.15, 0.2) is 0 Å². The van der Waals surface area contributed by atoms with E-state index >= 15 is 0 Å². The lowest BCUT2D eigenvalue weighted by Crippen LogP contribution is -2.41. The summed E-state index contributed by atoms with van der Waals surface area (Å²) in [6, 6.07) is 3.02. The molecule has 0 aliphatic heterocycles. The zero-order chi connectivity index (χ0) is 13.1. The van der Waals surface area contributed by atoms with Gasteiger partial charge in [0, 0.05) is 43.9 Å². The Morgan fingerprint density at radius 1 is 1.67 bits per heavy atom. The minimum Gasteiger partial charge on any atom is -0.326 e. The van der Waals surface area contributed by atoms with Crippen LogP contribution in [-0.2, 0) is 7.05 Å². The van der Waals surface area contributed by atoms with Gasteiger partial charge in [0.05, 0.1) is 18.3 Å². The van der Waals surface area contributed by atoms with Crippen molar-refractivity contribution in [3.8, 4) is 6.07 Å². The molecule has 98 valence electrons. The minimum atomic E-state index is 0.0356. The molecule has 0 aromatic carbocycles. The Hall–Kier alpha value is -1.38. The summed E-state index contributed by atoms with van der Waals surface area (Å²) in [5.41, 5.74) is 7.30. The first kappa shape index (κ1) is 13.1. The van der Waals surface area contributed by atoms with Crippen molar-refractivity contribution in [1.82, 2.24) is 14.7 Å². The number of nitriles is 1. The van der Waals surface area contributed by atoms with Crippen molar-refractivity contribution in [2.24, 2.45) is 12.8 Å². The van der Waals surface area contributed by atoms with Crippen LogP contribution in [0.3, 0.4) is 0 Å². The second-order valence-corrected chi connectivity index (χ2v) is 5.13. The molecule has 1 saturated carbocycles. The lowest BCUT2D eigenvalue weighted by atomic mass is 10.0. The molecule has 1 heterocycles. The van der Waals surface area contributed by atoms with Gasteiger partial charge in [0.1, 0.15) is 0 Å². The molecule has 1 aromatic rings. The van der Waals surface area contributed by atoms with E-state index in [4.69, 9.17) is 11.0 Å². The largest absolute Gasteiger partial charge is 0.326 e. The van der Waals surface area contributed by atoms with Crippen LogP contribution in [0.15, 0.2) is 12.4 Å². The van der Waals surface area contributed by atoms with E-state index in [1.807, 2.05) is 26.4 Å². The molecule has 0 radical (unpaired) electrons. The molecule has 5 nitrogen and oxygen atoms in total. The van der Waals surface area contributed by atoms with Crippen molar-refractivity contribution in [2.75, 3.05) is 6.54 Å². The SMILES string of the molecule is CC(N)C(c1cnn(C)c1)N(CCC#N)C1CC1. The summed E-state index contributed by atoms with van der Waals surface area (Å²) in [6.07, 6.45) is 6.90. The summed E-state index contributed by atoms with van der Waals surface area (Å²) in [5, 5.41) is 13.0. The highest BCUT2D eigenvalue weighted by Gasteiger charge is 2.36. The first-order chi connectivity index (χ1) is 8.63. The third-order valence-electron chi connectivity index (χ3n) is 3.42. The minimum absolute atomic E-state index is 0.0356. The van der Waals surface area contributed by atoms with Crippen molar-refractivity contribution in [3.63, 3.8) is 0 Å². The number of rotatable bonds is 6. The maximum absolute atomic E-state index is 8.79. The number of hydrogen-bond donors (Lipinski definition) is 1. The predicted molar refractivity (Wildman–Crippen MR) is 69.6 cm³/mol. The Balaban J connectivity index is 2.19. The Bertz CT molecular complexity index is 427. The van der Waals surface area contributed by atoms with Crippen molar-refractivity contribution >= 4 is 0 Å². The summed E-state index contributed by atoms with van der Waals surface area (Å²) in [7, 11) is 1.92. The number of aromatic nitrogens is 2. The van der Waals surface area contributed by atoms with E-state index in [9.17, 15) is 0 Å². The molecular weight excluding hydrogens is 226 g/mol. The van der Waals surface area contributed by atoms with Crippen LogP contribution < -0.4 is 5.73 Å². The van der Waals surface area contributed by atoms with Crippen LogP contribution in [-0.4, -0.2) is 33.3 Å². The number of aryl methyl sites for hydroxylation is 1. The number of hydrogen-bond acceptors (Lipinski definition) is 4. The molecule has 1 aliphatic rings.